The molecular formula is C26H28N4O2S. The van der Waals surface area contributed by atoms with Gasteiger partial charge in [0.25, 0.3) is 5.91 Å². The quantitative estimate of drug-likeness (QED) is 0.393. The number of thiazole rings is 1. The molecule has 6 nitrogen and oxygen atoms in total. The van der Waals surface area contributed by atoms with Crippen LogP contribution in [0.3, 0.4) is 0 Å². The van der Waals surface area contributed by atoms with Crippen LogP contribution in [0, 0.1) is 0 Å². The number of fused-ring (bicyclic) bond motifs is 3. The van der Waals surface area contributed by atoms with Crippen molar-refractivity contribution in [2.45, 2.75) is 38.1 Å². The molecule has 7 heteroatoms. The van der Waals surface area contributed by atoms with Crippen molar-refractivity contribution in [3.8, 4) is 11.3 Å². The van der Waals surface area contributed by atoms with E-state index < -0.39 is 0 Å². The second kappa shape index (κ2) is 9.08. The molecule has 170 valence electrons. The van der Waals surface area contributed by atoms with Gasteiger partial charge in [-0.25, -0.2) is 4.98 Å². The van der Waals surface area contributed by atoms with E-state index in [1.165, 1.54) is 19.4 Å². The van der Waals surface area contributed by atoms with E-state index in [4.69, 9.17) is 4.98 Å². The highest BCUT2D eigenvalue weighted by Gasteiger charge is 2.21. The molecule has 0 saturated carbocycles. The standard InChI is InChI=1S/C26H28N4O2S/c1-27-25(32)18-10-8-17(9-11-18)21-16-30-22-13-12-19(15-24(22)33-26(30)28-21)23(31)7-3-5-20-6-4-14-29(20)2/h8-13,15-16,20H,3-7,14H2,1-2H3,(H,27,32). The minimum Gasteiger partial charge on any atom is -0.355 e. The highest BCUT2D eigenvalue weighted by Crippen LogP contribution is 2.31. The number of hydrogen-bond donors (Lipinski definition) is 1. The number of carbonyl (C=O) groups excluding carboxylic acids is 2. The Kier molecular flexibility index (Phi) is 6.00. The normalized spacial score (nSPS) is 16.6. The summed E-state index contributed by atoms with van der Waals surface area (Å²) in [5.41, 5.74) is 4.30. The van der Waals surface area contributed by atoms with E-state index >= 15 is 0 Å². The van der Waals surface area contributed by atoms with Crippen LogP contribution < -0.4 is 5.32 Å². The zero-order chi connectivity index (χ0) is 22.9. The van der Waals surface area contributed by atoms with E-state index in [-0.39, 0.29) is 11.7 Å². The third-order valence-electron chi connectivity index (χ3n) is 6.70. The van der Waals surface area contributed by atoms with Gasteiger partial charge in [-0.1, -0.05) is 23.5 Å². The van der Waals surface area contributed by atoms with Crippen molar-refractivity contribution in [3.63, 3.8) is 0 Å². The maximum atomic E-state index is 12.8. The smallest absolute Gasteiger partial charge is 0.251 e. The predicted molar refractivity (Wildman–Crippen MR) is 133 cm³/mol. The predicted octanol–water partition coefficient (Wildman–Crippen LogP) is 5.02. The van der Waals surface area contributed by atoms with Crippen molar-refractivity contribution in [1.29, 1.82) is 0 Å². The Hall–Kier alpha value is -3.03. The van der Waals surface area contributed by atoms with Crippen LogP contribution in [0.15, 0.2) is 48.7 Å². The van der Waals surface area contributed by atoms with E-state index in [9.17, 15) is 9.59 Å². The number of nitrogens with one attached hydrogen (secondary N) is 1. The number of hydrogen-bond acceptors (Lipinski definition) is 5. The summed E-state index contributed by atoms with van der Waals surface area (Å²) in [6, 6.07) is 14.1. The maximum Gasteiger partial charge on any atom is 0.251 e. The van der Waals surface area contributed by atoms with Gasteiger partial charge in [0.15, 0.2) is 10.7 Å². The van der Waals surface area contributed by atoms with E-state index in [0.29, 0.717) is 18.0 Å². The molecule has 0 spiro atoms. The van der Waals surface area contributed by atoms with Gasteiger partial charge >= 0.3 is 0 Å². The summed E-state index contributed by atoms with van der Waals surface area (Å²) in [5.74, 6) is 0.120. The summed E-state index contributed by atoms with van der Waals surface area (Å²) in [5, 5.41) is 2.63. The Morgan fingerprint density at radius 1 is 1.15 bits per heavy atom. The molecule has 0 aliphatic carbocycles. The fourth-order valence-electron chi connectivity index (χ4n) is 4.74. The molecule has 1 amide bonds. The highest BCUT2D eigenvalue weighted by molar-refractivity contribution is 7.23. The van der Waals surface area contributed by atoms with Crippen molar-refractivity contribution >= 4 is 38.2 Å². The van der Waals surface area contributed by atoms with Gasteiger partial charge < -0.3 is 10.2 Å². The van der Waals surface area contributed by atoms with Gasteiger partial charge in [0.05, 0.1) is 15.9 Å². The molecule has 5 rings (SSSR count). The lowest BCUT2D eigenvalue weighted by atomic mass is 10.0. The second-order valence-electron chi connectivity index (χ2n) is 8.81. The Bertz CT molecular complexity index is 1320. The monoisotopic (exact) mass is 460 g/mol. The lowest BCUT2D eigenvalue weighted by Gasteiger charge is -2.18. The summed E-state index contributed by atoms with van der Waals surface area (Å²) in [4.78, 5) is 32.6. The van der Waals surface area contributed by atoms with Crippen molar-refractivity contribution in [3.05, 3.63) is 59.8 Å². The molecular weight excluding hydrogens is 432 g/mol. The average Bonchev–Trinajstić information content (AvgIpc) is 3.52. The molecule has 3 heterocycles. The van der Waals surface area contributed by atoms with Crippen LogP contribution in [0.4, 0.5) is 0 Å². The van der Waals surface area contributed by atoms with E-state index in [2.05, 4.69) is 21.7 Å². The minimum atomic E-state index is -0.102. The number of Topliss-reactive ketones (excluding diaryl/α,β-unsaturated/α-hetero) is 1. The van der Waals surface area contributed by atoms with E-state index in [1.807, 2.05) is 48.7 Å². The SMILES string of the molecule is CNC(=O)c1ccc(-c2cn3c(n2)sc2cc(C(=O)CCCC4CCCN4C)ccc23)cc1. The number of benzene rings is 2. The number of ketones is 1. The fourth-order valence-corrected chi connectivity index (χ4v) is 5.78. The number of carbonyl (C=O) groups is 2. The number of rotatable bonds is 7. The molecule has 2 aromatic carbocycles. The molecule has 2 aromatic heterocycles. The molecule has 1 aliphatic rings. The summed E-state index contributed by atoms with van der Waals surface area (Å²) >= 11 is 1.59. The van der Waals surface area contributed by atoms with Gasteiger partial charge in [-0.2, -0.15) is 0 Å². The van der Waals surface area contributed by atoms with Crippen LogP contribution in [0.5, 0.6) is 0 Å². The first-order chi connectivity index (χ1) is 16.0. The largest absolute Gasteiger partial charge is 0.355 e. The Morgan fingerprint density at radius 3 is 2.67 bits per heavy atom. The molecule has 1 unspecified atom stereocenters. The average molecular weight is 461 g/mol. The molecule has 1 atom stereocenters. The van der Waals surface area contributed by atoms with Gasteiger partial charge in [-0.15, -0.1) is 0 Å². The number of nitrogens with zero attached hydrogens (tertiary/aromatic N) is 3. The molecule has 1 saturated heterocycles. The van der Waals surface area contributed by atoms with Gasteiger partial charge in [-0.05, 0) is 69.6 Å². The van der Waals surface area contributed by atoms with Gasteiger partial charge in [0.1, 0.15) is 0 Å². The second-order valence-corrected chi connectivity index (χ2v) is 9.82. The molecule has 33 heavy (non-hydrogen) atoms. The summed E-state index contributed by atoms with van der Waals surface area (Å²) < 4.78 is 3.15. The third-order valence-corrected chi connectivity index (χ3v) is 7.72. The van der Waals surface area contributed by atoms with Crippen molar-refractivity contribution in [2.75, 3.05) is 20.6 Å². The molecule has 1 N–H and O–H groups in total. The zero-order valence-electron chi connectivity index (χ0n) is 19.0. The number of amides is 1. The number of imidazole rings is 1. The maximum absolute atomic E-state index is 12.8. The first-order valence-electron chi connectivity index (χ1n) is 11.5. The topological polar surface area (TPSA) is 66.7 Å². The Morgan fingerprint density at radius 2 is 1.94 bits per heavy atom. The Labute approximate surface area is 197 Å². The van der Waals surface area contributed by atoms with Crippen LogP contribution in [-0.2, 0) is 0 Å². The molecule has 4 aromatic rings. The Balaban J connectivity index is 1.31. The first kappa shape index (κ1) is 21.8. The lowest BCUT2D eigenvalue weighted by molar-refractivity contribution is 0.0959. The minimum absolute atomic E-state index is 0.102. The summed E-state index contributed by atoms with van der Waals surface area (Å²) in [7, 11) is 3.81. The van der Waals surface area contributed by atoms with Crippen LogP contribution in [0.2, 0.25) is 0 Å². The molecule has 1 aliphatic heterocycles. The van der Waals surface area contributed by atoms with Crippen LogP contribution in [0.1, 0.15) is 52.8 Å². The summed E-state index contributed by atoms with van der Waals surface area (Å²) in [6.07, 6.45) is 7.20. The van der Waals surface area contributed by atoms with Crippen LogP contribution in [0.25, 0.3) is 26.4 Å². The van der Waals surface area contributed by atoms with Crippen molar-refractivity contribution < 1.29 is 9.59 Å². The lowest BCUT2D eigenvalue weighted by Crippen LogP contribution is -2.24. The zero-order valence-corrected chi connectivity index (χ0v) is 19.8. The third kappa shape index (κ3) is 4.30. The molecule has 1 fully saturated rings. The van der Waals surface area contributed by atoms with Gasteiger partial charge in [-0.3, -0.25) is 14.0 Å². The van der Waals surface area contributed by atoms with Crippen LogP contribution >= 0.6 is 11.3 Å². The van der Waals surface area contributed by atoms with Crippen molar-refractivity contribution in [1.82, 2.24) is 19.6 Å². The molecule has 0 bridgehead atoms. The van der Waals surface area contributed by atoms with E-state index in [1.54, 1.807) is 18.4 Å². The number of aromatic nitrogens is 2. The number of likely N-dealkylation sites (tertiary alicyclic amines) is 1. The van der Waals surface area contributed by atoms with Gasteiger partial charge in [0, 0.05) is 42.4 Å². The highest BCUT2D eigenvalue weighted by atomic mass is 32.1. The van der Waals surface area contributed by atoms with Crippen molar-refractivity contribution in [2.24, 2.45) is 0 Å². The molecule has 0 radical (unpaired) electrons. The first-order valence-corrected chi connectivity index (χ1v) is 12.3. The fraction of sp³-hybridized carbons (Fsp3) is 0.346. The van der Waals surface area contributed by atoms with Gasteiger partial charge in [0.2, 0.25) is 0 Å². The van der Waals surface area contributed by atoms with E-state index in [0.717, 1.165) is 44.8 Å². The van der Waals surface area contributed by atoms with Crippen LogP contribution in [-0.4, -0.2) is 52.7 Å². The summed E-state index contributed by atoms with van der Waals surface area (Å²) in [6.45, 7) is 1.18.